The summed E-state index contributed by atoms with van der Waals surface area (Å²) in [7, 11) is -0.619. The average molecular weight is 219 g/mol. The first-order chi connectivity index (χ1) is 7.02. The Balaban J connectivity index is 2.94. The highest BCUT2D eigenvalue weighted by Gasteiger charge is 2.11. The fourth-order valence-corrected chi connectivity index (χ4v) is 2.21. The van der Waals surface area contributed by atoms with Crippen molar-refractivity contribution in [3.8, 4) is 5.75 Å². The molecule has 0 amide bonds. The molecule has 0 unspecified atom stereocenters. The van der Waals surface area contributed by atoms with Gasteiger partial charge >= 0.3 is 5.97 Å². The van der Waals surface area contributed by atoms with E-state index in [4.69, 9.17) is 4.74 Å². The summed E-state index contributed by atoms with van der Waals surface area (Å²) in [5.74, 6) is 0.315. The lowest BCUT2D eigenvalue weighted by molar-refractivity contribution is -0.130. The van der Waals surface area contributed by atoms with Crippen molar-refractivity contribution in [1.82, 2.24) is 0 Å². The van der Waals surface area contributed by atoms with Crippen LogP contribution in [-0.2, 0) is 4.79 Å². The van der Waals surface area contributed by atoms with Gasteiger partial charge in [-0.15, -0.1) is 0 Å². The van der Waals surface area contributed by atoms with E-state index >= 15 is 0 Å². The summed E-state index contributed by atoms with van der Waals surface area (Å²) in [6, 6.07) is 7.67. The van der Waals surface area contributed by atoms with Crippen molar-refractivity contribution < 1.29 is 9.53 Å². The number of carbonyl (C=O) groups is 1. The van der Waals surface area contributed by atoms with Gasteiger partial charge in [-0.2, -0.15) is 0 Å². The first-order valence-corrected chi connectivity index (χ1v) is 7.29. The van der Waals surface area contributed by atoms with Crippen LogP contribution in [0.1, 0.15) is 6.92 Å². The van der Waals surface area contributed by atoms with E-state index in [1.54, 1.807) is 6.92 Å². The maximum atomic E-state index is 11.4. The van der Waals surface area contributed by atoms with Crippen molar-refractivity contribution >= 4 is 20.0 Å². The zero-order chi connectivity index (χ0) is 11.4. The van der Waals surface area contributed by atoms with E-state index in [0.29, 0.717) is 11.3 Å². The highest BCUT2D eigenvalue weighted by molar-refractivity contribution is 6.71. The summed E-state index contributed by atoms with van der Waals surface area (Å²) in [5, 5.41) is 1.14. The molecule has 3 heteroatoms. The maximum absolute atomic E-state index is 11.4. The van der Waals surface area contributed by atoms with Crippen molar-refractivity contribution in [3.05, 3.63) is 36.4 Å². The fourth-order valence-electron chi connectivity index (χ4n) is 1.16. The Morgan fingerprint density at radius 2 is 1.93 bits per heavy atom. The Morgan fingerprint density at radius 3 is 2.47 bits per heavy atom. The van der Waals surface area contributed by atoms with Crippen LogP contribution in [0.3, 0.4) is 0 Å². The molecule has 0 aliphatic heterocycles. The summed E-state index contributed by atoms with van der Waals surface area (Å²) in [6.07, 6.45) is 0. The van der Waals surface area contributed by atoms with Gasteiger partial charge in [-0.1, -0.05) is 37.9 Å². The van der Waals surface area contributed by atoms with Gasteiger partial charge in [0.05, 0.1) is 8.80 Å². The number of esters is 1. The zero-order valence-electron chi connectivity index (χ0n) is 9.33. The third kappa shape index (κ3) is 3.06. The number of rotatable bonds is 3. The lowest BCUT2D eigenvalue weighted by Crippen LogP contribution is -2.26. The normalized spacial score (nSPS) is 10.1. The second-order valence-electron chi connectivity index (χ2n) is 3.67. The molecule has 0 aliphatic carbocycles. The molecule has 1 aromatic rings. The summed E-state index contributed by atoms with van der Waals surface area (Å²) in [5.41, 5.74) is 0.422. The second kappa shape index (κ2) is 4.93. The Morgan fingerprint density at radius 1 is 1.33 bits per heavy atom. The number of para-hydroxylation sites is 1. The highest BCUT2D eigenvalue weighted by atomic mass is 28.3. The van der Waals surface area contributed by atoms with Crippen molar-refractivity contribution in [1.29, 1.82) is 0 Å². The Hall–Kier alpha value is -1.35. The Bertz CT molecular complexity index is 383. The third-order valence-electron chi connectivity index (χ3n) is 1.98. The Kier molecular flexibility index (Phi) is 3.86. The van der Waals surface area contributed by atoms with Crippen LogP contribution in [0.25, 0.3) is 0 Å². The molecule has 0 spiro atoms. The van der Waals surface area contributed by atoms with Crippen molar-refractivity contribution in [2.75, 3.05) is 0 Å². The second-order valence-corrected chi connectivity index (χ2v) is 6.20. The molecule has 0 fully saturated rings. The minimum absolute atomic E-state index is 0.356. The van der Waals surface area contributed by atoms with Crippen LogP contribution in [-0.4, -0.2) is 14.8 Å². The smallest absolute Gasteiger partial charge is 0.338 e. The molecule has 1 aromatic carbocycles. The van der Waals surface area contributed by atoms with E-state index in [-0.39, 0.29) is 5.97 Å². The van der Waals surface area contributed by atoms with E-state index in [1.807, 2.05) is 24.3 Å². The monoisotopic (exact) mass is 219 g/mol. The van der Waals surface area contributed by atoms with Gasteiger partial charge in [0, 0.05) is 5.57 Å². The molecule has 0 saturated carbocycles. The molecule has 1 radical (unpaired) electrons. The molecule has 2 nitrogen and oxygen atoms in total. The van der Waals surface area contributed by atoms with E-state index in [1.165, 1.54) is 0 Å². The van der Waals surface area contributed by atoms with E-state index in [9.17, 15) is 4.79 Å². The molecule has 79 valence electrons. The van der Waals surface area contributed by atoms with Crippen LogP contribution in [0.4, 0.5) is 0 Å². The summed E-state index contributed by atoms with van der Waals surface area (Å²) < 4.78 is 5.26. The molecule has 0 N–H and O–H groups in total. The first-order valence-electron chi connectivity index (χ1n) is 4.79. The summed E-state index contributed by atoms with van der Waals surface area (Å²) in [6.45, 7) is 9.54. The van der Waals surface area contributed by atoms with E-state index in [2.05, 4.69) is 19.7 Å². The number of ether oxygens (including phenoxy) is 1. The van der Waals surface area contributed by atoms with Crippen LogP contribution in [0.2, 0.25) is 13.1 Å². The zero-order valence-corrected chi connectivity index (χ0v) is 10.3. The molecule has 0 aromatic heterocycles. The molecular weight excluding hydrogens is 204 g/mol. The van der Waals surface area contributed by atoms with E-state index in [0.717, 1.165) is 5.19 Å². The molecule has 0 heterocycles. The molecular formula is C12H15O2Si. The Labute approximate surface area is 92.2 Å². The minimum atomic E-state index is -0.619. The molecule has 15 heavy (non-hydrogen) atoms. The lowest BCUT2D eigenvalue weighted by atomic mass is 10.3. The molecule has 0 saturated heterocycles. The van der Waals surface area contributed by atoms with Crippen molar-refractivity contribution in [2.45, 2.75) is 20.0 Å². The van der Waals surface area contributed by atoms with Crippen LogP contribution in [0.5, 0.6) is 5.75 Å². The summed E-state index contributed by atoms with van der Waals surface area (Å²) in [4.78, 5) is 11.4. The lowest BCUT2D eigenvalue weighted by Gasteiger charge is -2.11. The van der Waals surface area contributed by atoms with Gasteiger partial charge in [-0.3, -0.25) is 0 Å². The quantitative estimate of drug-likeness (QED) is 0.337. The molecule has 1 rings (SSSR count). The van der Waals surface area contributed by atoms with Gasteiger partial charge in [-0.25, -0.2) is 4.79 Å². The number of hydrogen-bond donors (Lipinski definition) is 0. The van der Waals surface area contributed by atoms with Crippen molar-refractivity contribution in [2.24, 2.45) is 0 Å². The predicted octanol–water partition coefficient (Wildman–Crippen LogP) is 2.13. The fraction of sp³-hybridized carbons (Fsp3) is 0.250. The van der Waals surface area contributed by atoms with Gasteiger partial charge in [-0.05, 0) is 18.2 Å². The predicted molar refractivity (Wildman–Crippen MR) is 64.0 cm³/mol. The van der Waals surface area contributed by atoms with Gasteiger partial charge in [0.1, 0.15) is 5.75 Å². The minimum Gasteiger partial charge on any atom is -0.423 e. The number of benzene rings is 1. The van der Waals surface area contributed by atoms with Crippen LogP contribution in [0, 0.1) is 0 Å². The molecule has 0 aliphatic rings. The maximum Gasteiger partial charge on any atom is 0.338 e. The standard InChI is InChI=1S/C12H15O2Si/c1-9(2)12(13)14-10-7-5-6-8-11(10)15(3)4/h5-8H,1H2,2-4H3. The number of carbonyl (C=O) groups excluding carboxylic acids is 1. The molecule has 0 atom stereocenters. The molecule has 0 bridgehead atoms. The highest BCUT2D eigenvalue weighted by Crippen LogP contribution is 2.10. The van der Waals surface area contributed by atoms with Crippen LogP contribution < -0.4 is 9.92 Å². The van der Waals surface area contributed by atoms with Gasteiger partial charge in [0.25, 0.3) is 0 Å². The largest absolute Gasteiger partial charge is 0.423 e. The third-order valence-corrected chi connectivity index (χ3v) is 3.47. The van der Waals surface area contributed by atoms with Gasteiger partial charge in [0.15, 0.2) is 0 Å². The van der Waals surface area contributed by atoms with Gasteiger partial charge in [0.2, 0.25) is 0 Å². The number of hydrogen-bond acceptors (Lipinski definition) is 2. The topological polar surface area (TPSA) is 26.3 Å². The average Bonchev–Trinajstić information content (AvgIpc) is 2.18. The summed E-state index contributed by atoms with van der Waals surface area (Å²) >= 11 is 0. The van der Waals surface area contributed by atoms with Gasteiger partial charge < -0.3 is 4.74 Å². The first kappa shape index (κ1) is 11.7. The SMILES string of the molecule is C=C(C)C(=O)Oc1ccccc1[Si](C)C. The van der Waals surface area contributed by atoms with Crippen molar-refractivity contribution in [3.63, 3.8) is 0 Å². The van der Waals surface area contributed by atoms with Crippen LogP contribution in [0.15, 0.2) is 36.4 Å². The van der Waals surface area contributed by atoms with E-state index < -0.39 is 8.80 Å². The van der Waals surface area contributed by atoms with Crippen LogP contribution >= 0.6 is 0 Å².